The number of hydrogen-bond acceptors (Lipinski definition) is 5. The fourth-order valence-electron chi connectivity index (χ4n) is 2.77. The van der Waals surface area contributed by atoms with Crippen LogP contribution < -0.4 is 10.1 Å². The zero-order valence-corrected chi connectivity index (χ0v) is 14.7. The zero-order valence-electron chi connectivity index (χ0n) is 13.1. The molecular weight excluding hydrogens is 334 g/mol. The summed E-state index contributed by atoms with van der Waals surface area (Å²) in [5.41, 5.74) is 1.03. The second-order valence-corrected chi connectivity index (χ2v) is 6.44. The van der Waals surface area contributed by atoms with Gasteiger partial charge < -0.3 is 15.0 Å². The molecule has 1 fully saturated rings. The van der Waals surface area contributed by atoms with Crippen LogP contribution in [0.2, 0.25) is 0 Å². The minimum Gasteiger partial charge on any atom is -0.496 e. The maximum absolute atomic E-state index is 12.8. The predicted octanol–water partition coefficient (Wildman–Crippen LogP) is 2.67. The van der Waals surface area contributed by atoms with Gasteiger partial charge in [-0.2, -0.15) is 0 Å². The quantitative estimate of drug-likeness (QED) is 0.921. The summed E-state index contributed by atoms with van der Waals surface area (Å²) in [7, 11) is 1.66. The number of amides is 1. The van der Waals surface area contributed by atoms with Gasteiger partial charge in [-0.05, 0) is 13.0 Å². The fraction of sp³-hybridized carbons (Fsp3) is 0.375. The van der Waals surface area contributed by atoms with Crippen molar-refractivity contribution in [2.75, 3.05) is 26.7 Å². The molecule has 0 radical (unpaired) electrons. The topological polar surface area (TPSA) is 54.5 Å². The highest BCUT2D eigenvalue weighted by atomic mass is 35.5. The summed E-state index contributed by atoms with van der Waals surface area (Å²) >= 11 is 1.44. The van der Waals surface area contributed by atoms with Crippen molar-refractivity contribution in [2.24, 2.45) is 0 Å². The van der Waals surface area contributed by atoms with E-state index in [9.17, 15) is 4.79 Å². The van der Waals surface area contributed by atoms with Gasteiger partial charge in [-0.3, -0.25) is 4.79 Å². The van der Waals surface area contributed by atoms with E-state index in [-0.39, 0.29) is 24.4 Å². The SMILES string of the molecule is COc1ccccc1C1CNCCN1C(=O)c1cnc(C)s1.Cl. The lowest BCUT2D eigenvalue weighted by Crippen LogP contribution is -2.48. The summed E-state index contributed by atoms with van der Waals surface area (Å²) in [4.78, 5) is 19.6. The Labute approximate surface area is 146 Å². The number of carbonyl (C=O) groups excluding carboxylic acids is 1. The number of methoxy groups -OCH3 is 1. The molecule has 1 aliphatic rings. The second kappa shape index (κ2) is 7.77. The molecule has 1 N–H and O–H groups in total. The number of benzene rings is 1. The van der Waals surface area contributed by atoms with Crippen molar-refractivity contribution >= 4 is 29.7 Å². The summed E-state index contributed by atoms with van der Waals surface area (Å²) in [6.07, 6.45) is 1.67. The van der Waals surface area contributed by atoms with Crippen LogP contribution in [-0.2, 0) is 0 Å². The summed E-state index contributed by atoms with van der Waals surface area (Å²) in [5, 5.41) is 4.27. The molecule has 2 aromatic rings. The lowest BCUT2D eigenvalue weighted by Gasteiger charge is -2.36. The first kappa shape index (κ1) is 17.7. The maximum atomic E-state index is 12.8. The summed E-state index contributed by atoms with van der Waals surface area (Å²) in [6.45, 7) is 4.12. The van der Waals surface area contributed by atoms with Gasteiger partial charge in [0, 0.05) is 25.2 Å². The van der Waals surface area contributed by atoms with Gasteiger partial charge in [0.1, 0.15) is 10.6 Å². The average Bonchev–Trinajstić information content (AvgIpc) is 3.00. The number of aromatic nitrogens is 1. The lowest BCUT2D eigenvalue weighted by atomic mass is 10.0. The first-order chi connectivity index (χ1) is 10.7. The smallest absolute Gasteiger partial charge is 0.266 e. The number of carbonyl (C=O) groups is 1. The van der Waals surface area contributed by atoms with E-state index >= 15 is 0 Å². The molecule has 1 saturated heterocycles. The average molecular weight is 354 g/mol. The first-order valence-electron chi connectivity index (χ1n) is 7.27. The third-order valence-electron chi connectivity index (χ3n) is 3.83. The van der Waals surface area contributed by atoms with Crippen molar-refractivity contribution in [3.05, 3.63) is 45.9 Å². The molecule has 1 aliphatic heterocycles. The predicted molar refractivity (Wildman–Crippen MR) is 93.7 cm³/mol. The van der Waals surface area contributed by atoms with Crippen LogP contribution in [0.1, 0.15) is 26.3 Å². The van der Waals surface area contributed by atoms with Gasteiger partial charge in [0.2, 0.25) is 0 Å². The standard InChI is InChI=1S/C16H19N3O2S.ClH/c1-11-18-10-15(22-11)16(20)19-8-7-17-9-13(19)12-5-3-4-6-14(12)21-2;/h3-6,10,13,17H,7-9H2,1-2H3;1H. The summed E-state index contributed by atoms with van der Waals surface area (Å²) < 4.78 is 5.46. The van der Waals surface area contributed by atoms with Crippen LogP contribution in [0, 0.1) is 6.92 Å². The molecule has 3 rings (SSSR count). The largest absolute Gasteiger partial charge is 0.496 e. The second-order valence-electron chi connectivity index (χ2n) is 5.20. The number of nitrogens with one attached hydrogen (secondary N) is 1. The number of aryl methyl sites for hydroxylation is 1. The van der Waals surface area contributed by atoms with Crippen LogP contribution in [0.3, 0.4) is 0 Å². The van der Waals surface area contributed by atoms with E-state index in [1.54, 1.807) is 13.3 Å². The van der Waals surface area contributed by atoms with Gasteiger partial charge in [0.25, 0.3) is 5.91 Å². The highest BCUT2D eigenvalue weighted by molar-refractivity contribution is 7.13. The molecule has 1 aromatic carbocycles. The van der Waals surface area contributed by atoms with E-state index in [2.05, 4.69) is 10.3 Å². The molecule has 5 nitrogen and oxygen atoms in total. The number of thiazole rings is 1. The summed E-state index contributed by atoms with van der Waals surface area (Å²) in [5.74, 6) is 0.859. The Bertz CT molecular complexity index is 677. The highest BCUT2D eigenvalue weighted by Crippen LogP contribution is 2.31. The minimum atomic E-state index is -0.0280. The Morgan fingerprint density at radius 1 is 1.43 bits per heavy atom. The van der Waals surface area contributed by atoms with Crippen LogP contribution in [0.15, 0.2) is 30.5 Å². The van der Waals surface area contributed by atoms with Crippen molar-refractivity contribution < 1.29 is 9.53 Å². The van der Waals surface area contributed by atoms with Gasteiger partial charge in [-0.1, -0.05) is 18.2 Å². The van der Waals surface area contributed by atoms with Gasteiger partial charge in [-0.25, -0.2) is 4.98 Å². The number of rotatable bonds is 3. The molecule has 1 unspecified atom stereocenters. The molecule has 0 saturated carbocycles. The van der Waals surface area contributed by atoms with Crippen LogP contribution >= 0.6 is 23.7 Å². The fourth-order valence-corrected chi connectivity index (χ4v) is 3.50. The van der Waals surface area contributed by atoms with Crippen molar-refractivity contribution in [1.29, 1.82) is 0 Å². The van der Waals surface area contributed by atoms with E-state index in [1.807, 2.05) is 36.1 Å². The Hall–Kier alpha value is -1.63. The van der Waals surface area contributed by atoms with Crippen molar-refractivity contribution in [3.8, 4) is 5.75 Å². The Balaban J connectivity index is 0.00000192. The number of para-hydroxylation sites is 1. The van der Waals surface area contributed by atoms with Crippen LogP contribution in [0.25, 0.3) is 0 Å². The number of nitrogens with zero attached hydrogens (tertiary/aromatic N) is 2. The molecule has 1 amide bonds. The van der Waals surface area contributed by atoms with Crippen molar-refractivity contribution in [3.63, 3.8) is 0 Å². The molecule has 0 aliphatic carbocycles. The molecule has 0 spiro atoms. The lowest BCUT2D eigenvalue weighted by molar-refractivity contribution is 0.0636. The number of hydrogen-bond donors (Lipinski definition) is 1. The summed E-state index contributed by atoms with van der Waals surface area (Å²) in [6, 6.07) is 7.85. The minimum absolute atomic E-state index is 0. The third-order valence-corrected chi connectivity index (χ3v) is 4.73. The molecule has 1 aromatic heterocycles. The molecule has 2 heterocycles. The Morgan fingerprint density at radius 3 is 2.91 bits per heavy atom. The van der Waals surface area contributed by atoms with Gasteiger partial charge in [0.05, 0.1) is 24.4 Å². The van der Waals surface area contributed by atoms with E-state index < -0.39 is 0 Å². The number of halogens is 1. The van der Waals surface area contributed by atoms with Crippen LogP contribution in [0.4, 0.5) is 0 Å². The highest BCUT2D eigenvalue weighted by Gasteiger charge is 2.31. The van der Waals surface area contributed by atoms with Gasteiger partial charge in [-0.15, -0.1) is 23.7 Å². The number of piperazine rings is 1. The normalized spacial score (nSPS) is 17.5. The van der Waals surface area contributed by atoms with E-state index in [0.29, 0.717) is 11.4 Å². The molecule has 1 atom stereocenters. The monoisotopic (exact) mass is 353 g/mol. The molecule has 0 bridgehead atoms. The van der Waals surface area contributed by atoms with Crippen LogP contribution in [0.5, 0.6) is 5.75 Å². The molecule has 23 heavy (non-hydrogen) atoms. The van der Waals surface area contributed by atoms with Gasteiger partial charge in [0.15, 0.2) is 0 Å². The molecular formula is C16H20ClN3O2S. The molecule has 124 valence electrons. The number of ether oxygens (including phenoxy) is 1. The van der Waals surface area contributed by atoms with Crippen LogP contribution in [-0.4, -0.2) is 42.5 Å². The maximum Gasteiger partial charge on any atom is 0.266 e. The van der Waals surface area contributed by atoms with E-state index in [4.69, 9.17) is 4.74 Å². The van der Waals surface area contributed by atoms with Crippen molar-refractivity contribution in [2.45, 2.75) is 13.0 Å². The van der Waals surface area contributed by atoms with Crippen molar-refractivity contribution in [1.82, 2.24) is 15.2 Å². The Morgan fingerprint density at radius 2 is 2.22 bits per heavy atom. The van der Waals surface area contributed by atoms with E-state index in [1.165, 1.54) is 11.3 Å². The molecule has 7 heteroatoms. The van der Waals surface area contributed by atoms with Gasteiger partial charge >= 0.3 is 0 Å². The first-order valence-corrected chi connectivity index (χ1v) is 8.09. The third kappa shape index (κ3) is 3.65. The Kier molecular flexibility index (Phi) is 5.98. The zero-order chi connectivity index (χ0) is 15.5. The van der Waals surface area contributed by atoms with E-state index in [0.717, 1.165) is 29.4 Å².